The molecule has 16 heavy (non-hydrogen) atoms. The molecule has 1 heteroatoms. The number of hydrogen-bond donors (Lipinski definition) is 0. The molecule has 0 heterocycles. The lowest BCUT2D eigenvalue weighted by Crippen LogP contribution is -2.03. The molecule has 0 saturated heterocycles. The summed E-state index contributed by atoms with van der Waals surface area (Å²) in [6.07, 6.45) is 12.6. The van der Waals surface area contributed by atoms with Gasteiger partial charge in [-0.1, -0.05) is 72.1 Å². The summed E-state index contributed by atoms with van der Waals surface area (Å²) >= 11 is 0. The SMILES string of the molecule is CCCCCCCCCCCC(=O)[C](C)C. The number of rotatable bonds is 11. The van der Waals surface area contributed by atoms with E-state index in [9.17, 15) is 4.79 Å². The highest BCUT2D eigenvalue weighted by molar-refractivity contribution is 5.90. The average Bonchev–Trinajstić information content (AvgIpc) is 2.26. The molecule has 0 N–H and O–H groups in total. The lowest BCUT2D eigenvalue weighted by atomic mass is 10.0. The lowest BCUT2D eigenvalue weighted by Gasteiger charge is -2.03. The van der Waals surface area contributed by atoms with Gasteiger partial charge in [-0.05, 0) is 6.42 Å². The number of unbranched alkanes of at least 4 members (excludes halogenated alkanes) is 8. The average molecular weight is 225 g/mol. The van der Waals surface area contributed by atoms with Gasteiger partial charge in [-0.25, -0.2) is 0 Å². The highest BCUT2D eigenvalue weighted by atomic mass is 16.1. The number of carbonyl (C=O) groups is 1. The molecule has 0 spiro atoms. The monoisotopic (exact) mass is 225 g/mol. The standard InChI is InChI=1S/C15H29O/c1-4-5-6-7-8-9-10-11-12-13-15(16)14(2)3/h4-13H2,1-3H3. The highest BCUT2D eigenvalue weighted by Crippen LogP contribution is 2.12. The minimum absolute atomic E-state index is 0.350. The summed E-state index contributed by atoms with van der Waals surface area (Å²) in [6, 6.07) is 0. The fraction of sp³-hybridized carbons (Fsp3) is 0.867. The molecule has 0 atom stereocenters. The van der Waals surface area contributed by atoms with E-state index in [0.717, 1.165) is 18.8 Å². The Kier molecular flexibility index (Phi) is 10.9. The predicted octanol–water partition coefficient (Wildman–Crippen LogP) is 5.09. The maximum atomic E-state index is 11.3. The molecule has 1 radical (unpaired) electrons. The Labute approximate surface area is 102 Å². The Hall–Kier alpha value is -0.330. The molecule has 0 unspecified atom stereocenters. The molecule has 0 rings (SSSR count). The quantitative estimate of drug-likeness (QED) is 0.448. The summed E-state index contributed by atoms with van der Waals surface area (Å²) in [7, 11) is 0. The molecule has 0 aliphatic rings. The van der Waals surface area contributed by atoms with E-state index in [0.29, 0.717) is 5.78 Å². The predicted molar refractivity (Wildman–Crippen MR) is 71.4 cm³/mol. The van der Waals surface area contributed by atoms with Crippen molar-refractivity contribution in [2.24, 2.45) is 0 Å². The van der Waals surface area contributed by atoms with Crippen molar-refractivity contribution in [3.8, 4) is 0 Å². The highest BCUT2D eigenvalue weighted by Gasteiger charge is 2.06. The molecule has 95 valence electrons. The number of Topliss-reactive ketones (excluding diaryl/α,β-unsaturated/α-hetero) is 1. The van der Waals surface area contributed by atoms with Gasteiger partial charge < -0.3 is 0 Å². The van der Waals surface area contributed by atoms with Crippen LogP contribution in [0.4, 0.5) is 0 Å². The second kappa shape index (κ2) is 11.2. The van der Waals surface area contributed by atoms with Gasteiger partial charge in [-0.2, -0.15) is 0 Å². The van der Waals surface area contributed by atoms with Crippen LogP contribution in [-0.2, 0) is 4.79 Å². The number of ketones is 1. The van der Waals surface area contributed by atoms with Crippen LogP contribution in [-0.4, -0.2) is 5.78 Å². The van der Waals surface area contributed by atoms with E-state index in [1.807, 2.05) is 13.8 Å². The molecule has 1 nitrogen and oxygen atoms in total. The van der Waals surface area contributed by atoms with E-state index in [4.69, 9.17) is 0 Å². The molecule has 0 aromatic rings. The van der Waals surface area contributed by atoms with Crippen molar-refractivity contribution in [1.29, 1.82) is 0 Å². The zero-order chi connectivity index (χ0) is 12.2. The summed E-state index contributed by atoms with van der Waals surface area (Å²) < 4.78 is 0. The molecule has 0 aliphatic heterocycles. The summed E-state index contributed by atoms with van der Waals surface area (Å²) in [5.74, 6) is 1.31. The van der Waals surface area contributed by atoms with Crippen LogP contribution in [0.15, 0.2) is 0 Å². The maximum absolute atomic E-state index is 11.3. The van der Waals surface area contributed by atoms with Gasteiger partial charge in [0.25, 0.3) is 0 Å². The van der Waals surface area contributed by atoms with Gasteiger partial charge in [0.1, 0.15) is 5.78 Å². The topological polar surface area (TPSA) is 17.1 Å². The first kappa shape index (κ1) is 15.7. The van der Waals surface area contributed by atoms with Gasteiger partial charge in [0, 0.05) is 12.3 Å². The molecular formula is C15H29O. The van der Waals surface area contributed by atoms with Crippen molar-refractivity contribution in [2.45, 2.75) is 85.0 Å². The Morgan fingerprint density at radius 3 is 1.62 bits per heavy atom. The van der Waals surface area contributed by atoms with E-state index in [-0.39, 0.29) is 0 Å². The van der Waals surface area contributed by atoms with Gasteiger partial charge in [-0.3, -0.25) is 4.79 Å². The molecule has 0 amide bonds. The molecular weight excluding hydrogens is 196 g/mol. The van der Waals surface area contributed by atoms with Crippen LogP contribution in [0, 0.1) is 5.92 Å². The first-order valence-electron chi connectivity index (χ1n) is 7.01. The van der Waals surface area contributed by atoms with Gasteiger partial charge in [0.15, 0.2) is 0 Å². The van der Waals surface area contributed by atoms with Gasteiger partial charge in [-0.15, -0.1) is 0 Å². The second-order valence-electron chi connectivity index (χ2n) is 5.00. The maximum Gasteiger partial charge on any atom is 0.139 e. The molecule has 0 bridgehead atoms. The van der Waals surface area contributed by atoms with E-state index in [1.165, 1.54) is 51.4 Å². The number of carbonyl (C=O) groups excluding carboxylic acids is 1. The van der Waals surface area contributed by atoms with Crippen molar-refractivity contribution in [3.63, 3.8) is 0 Å². The van der Waals surface area contributed by atoms with E-state index in [2.05, 4.69) is 6.92 Å². The third-order valence-corrected chi connectivity index (χ3v) is 3.07. The summed E-state index contributed by atoms with van der Waals surface area (Å²) in [4.78, 5) is 11.3. The number of hydrogen-bond acceptors (Lipinski definition) is 1. The van der Waals surface area contributed by atoms with Crippen LogP contribution >= 0.6 is 0 Å². The third-order valence-electron chi connectivity index (χ3n) is 3.07. The third kappa shape index (κ3) is 10.2. The lowest BCUT2D eigenvalue weighted by molar-refractivity contribution is -0.117. The van der Waals surface area contributed by atoms with Crippen molar-refractivity contribution in [1.82, 2.24) is 0 Å². The van der Waals surface area contributed by atoms with Gasteiger partial charge in [0.05, 0.1) is 0 Å². The molecule has 0 fully saturated rings. The molecule has 0 aromatic heterocycles. The summed E-state index contributed by atoms with van der Waals surface area (Å²) in [6.45, 7) is 6.08. The smallest absolute Gasteiger partial charge is 0.139 e. The van der Waals surface area contributed by atoms with Gasteiger partial charge >= 0.3 is 0 Å². The van der Waals surface area contributed by atoms with Crippen molar-refractivity contribution >= 4 is 5.78 Å². The summed E-state index contributed by atoms with van der Waals surface area (Å²) in [5, 5.41) is 0. The molecule has 0 aromatic carbocycles. The fourth-order valence-electron chi connectivity index (χ4n) is 1.85. The van der Waals surface area contributed by atoms with E-state index in [1.54, 1.807) is 0 Å². The van der Waals surface area contributed by atoms with Crippen LogP contribution < -0.4 is 0 Å². The zero-order valence-electron chi connectivity index (χ0n) is 11.5. The first-order chi connectivity index (χ1) is 7.68. The van der Waals surface area contributed by atoms with Crippen LogP contribution in [0.1, 0.15) is 85.0 Å². The van der Waals surface area contributed by atoms with E-state index >= 15 is 0 Å². The Morgan fingerprint density at radius 2 is 1.19 bits per heavy atom. The van der Waals surface area contributed by atoms with Crippen LogP contribution in [0.2, 0.25) is 0 Å². The van der Waals surface area contributed by atoms with Gasteiger partial charge in [0.2, 0.25) is 0 Å². The normalized spacial score (nSPS) is 11.0. The minimum atomic E-state index is 0.350. The second-order valence-corrected chi connectivity index (χ2v) is 5.00. The van der Waals surface area contributed by atoms with E-state index < -0.39 is 0 Å². The van der Waals surface area contributed by atoms with Crippen LogP contribution in [0.25, 0.3) is 0 Å². The Balaban J connectivity index is 3.07. The molecule has 0 aliphatic carbocycles. The van der Waals surface area contributed by atoms with Crippen LogP contribution in [0.3, 0.4) is 0 Å². The molecule has 0 saturated carbocycles. The van der Waals surface area contributed by atoms with Crippen molar-refractivity contribution < 1.29 is 4.79 Å². The fourth-order valence-corrected chi connectivity index (χ4v) is 1.85. The first-order valence-corrected chi connectivity index (χ1v) is 7.01. The van der Waals surface area contributed by atoms with Crippen molar-refractivity contribution in [2.75, 3.05) is 0 Å². The zero-order valence-corrected chi connectivity index (χ0v) is 11.5. The Bertz CT molecular complexity index is 161. The van der Waals surface area contributed by atoms with Crippen LogP contribution in [0.5, 0.6) is 0 Å². The summed E-state index contributed by atoms with van der Waals surface area (Å²) in [5.41, 5.74) is 0. The van der Waals surface area contributed by atoms with Crippen molar-refractivity contribution in [3.05, 3.63) is 5.92 Å². The minimum Gasteiger partial charge on any atom is -0.299 e. The Morgan fingerprint density at radius 1 is 0.750 bits per heavy atom. The largest absolute Gasteiger partial charge is 0.299 e.